The summed E-state index contributed by atoms with van der Waals surface area (Å²) in [6, 6.07) is 17.7. The van der Waals surface area contributed by atoms with Crippen molar-refractivity contribution in [3.63, 3.8) is 0 Å². The molecule has 3 rings (SSSR count). The Labute approximate surface area is 178 Å². The second kappa shape index (κ2) is 11.7. The van der Waals surface area contributed by atoms with Crippen molar-refractivity contribution in [2.75, 3.05) is 0 Å². The molecule has 0 unspecified atom stereocenters. The lowest BCUT2D eigenvalue weighted by molar-refractivity contribution is 0.304. The zero-order valence-electron chi connectivity index (χ0n) is 18.3. The maximum atomic E-state index is 3.33. The quantitative estimate of drug-likeness (QED) is 0.334. The van der Waals surface area contributed by atoms with Gasteiger partial charge in [-0.2, -0.15) is 0 Å². The number of benzene rings is 2. The van der Waals surface area contributed by atoms with Gasteiger partial charge in [-0.3, -0.25) is 0 Å². The summed E-state index contributed by atoms with van der Waals surface area (Å²) in [6.07, 6.45) is 16.3. The van der Waals surface area contributed by atoms with Gasteiger partial charge in [0.05, 0.1) is 0 Å². The smallest absolute Gasteiger partial charge is 0.0249 e. The Hall–Kier alpha value is -2.26. The topological polar surface area (TPSA) is 0 Å². The molecule has 0 atom stereocenters. The van der Waals surface area contributed by atoms with Gasteiger partial charge < -0.3 is 0 Å². The van der Waals surface area contributed by atoms with Gasteiger partial charge in [-0.25, -0.2) is 0 Å². The summed E-state index contributed by atoms with van der Waals surface area (Å²) in [5, 5.41) is 0. The van der Waals surface area contributed by atoms with Crippen LogP contribution in [0.4, 0.5) is 0 Å². The first kappa shape index (κ1) is 21.4. The summed E-state index contributed by atoms with van der Waals surface area (Å²) in [7, 11) is 0. The van der Waals surface area contributed by atoms with Gasteiger partial charge in [0.25, 0.3) is 0 Å². The SMILES string of the molecule is C/C=C/CCc1ccc(C#Cc2ccc(C3CCC(CCCC)CC3)cc2)cc1. The fourth-order valence-electron chi connectivity index (χ4n) is 4.43. The van der Waals surface area contributed by atoms with Crippen molar-refractivity contribution >= 4 is 0 Å². The molecule has 0 saturated heterocycles. The Kier molecular flexibility index (Phi) is 8.63. The molecular weight excluding hydrogens is 348 g/mol. The molecule has 1 fully saturated rings. The van der Waals surface area contributed by atoms with Crippen LogP contribution in [-0.2, 0) is 6.42 Å². The standard InChI is InChI=1S/C29H36/c1-3-5-7-9-25-10-12-26(13-11-25)14-15-27-18-22-29(23-19-27)28-20-16-24(17-21-28)8-6-4-2/h3,5,10-13,18-19,22-24,28H,4,6-9,16-17,20-21H2,1-2H3/b5-3+. The predicted octanol–water partition coefficient (Wildman–Crippen LogP) is 8.06. The van der Waals surface area contributed by atoms with Crippen molar-refractivity contribution in [2.45, 2.75) is 77.6 Å². The maximum Gasteiger partial charge on any atom is 0.0249 e. The summed E-state index contributed by atoms with van der Waals surface area (Å²) in [5.74, 6) is 8.38. The number of unbranched alkanes of at least 4 members (excludes halogenated alkanes) is 1. The van der Waals surface area contributed by atoms with E-state index < -0.39 is 0 Å². The van der Waals surface area contributed by atoms with Crippen LogP contribution in [0.15, 0.2) is 60.7 Å². The molecule has 2 aromatic carbocycles. The molecule has 0 heteroatoms. The minimum absolute atomic E-state index is 0.755. The van der Waals surface area contributed by atoms with Gasteiger partial charge >= 0.3 is 0 Å². The highest BCUT2D eigenvalue weighted by Gasteiger charge is 2.21. The third kappa shape index (κ3) is 6.93. The molecule has 0 amide bonds. The van der Waals surface area contributed by atoms with Crippen molar-refractivity contribution in [1.82, 2.24) is 0 Å². The van der Waals surface area contributed by atoms with Crippen molar-refractivity contribution < 1.29 is 0 Å². The number of allylic oxidation sites excluding steroid dienone is 2. The minimum atomic E-state index is 0.755. The normalized spacial score (nSPS) is 19.1. The Morgan fingerprint density at radius 3 is 2.07 bits per heavy atom. The second-order valence-corrected chi connectivity index (χ2v) is 8.54. The monoisotopic (exact) mass is 384 g/mol. The van der Waals surface area contributed by atoms with Crippen molar-refractivity contribution in [1.29, 1.82) is 0 Å². The van der Waals surface area contributed by atoms with Crippen LogP contribution in [0, 0.1) is 17.8 Å². The van der Waals surface area contributed by atoms with Crippen LogP contribution in [0.1, 0.15) is 93.4 Å². The first-order valence-corrected chi connectivity index (χ1v) is 11.6. The number of hydrogen-bond donors (Lipinski definition) is 0. The molecule has 152 valence electrons. The van der Waals surface area contributed by atoms with Gasteiger partial charge in [-0.1, -0.05) is 74.4 Å². The Bertz CT molecular complexity index is 803. The molecule has 0 spiro atoms. The Morgan fingerprint density at radius 2 is 1.48 bits per heavy atom. The van der Waals surface area contributed by atoms with Crippen LogP contribution < -0.4 is 0 Å². The molecule has 0 bridgehead atoms. The van der Waals surface area contributed by atoms with Gasteiger partial charge in [0, 0.05) is 11.1 Å². The highest BCUT2D eigenvalue weighted by atomic mass is 14.3. The molecule has 0 heterocycles. The molecule has 0 aliphatic heterocycles. The lowest BCUT2D eigenvalue weighted by atomic mass is 9.77. The maximum absolute atomic E-state index is 3.33. The molecule has 0 nitrogen and oxygen atoms in total. The largest absolute Gasteiger partial charge is 0.0917 e. The van der Waals surface area contributed by atoms with Crippen LogP contribution >= 0.6 is 0 Å². The van der Waals surface area contributed by atoms with Crippen molar-refractivity contribution in [3.05, 3.63) is 82.9 Å². The van der Waals surface area contributed by atoms with Crippen LogP contribution in [0.5, 0.6) is 0 Å². The van der Waals surface area contributed by atoms with Gasteiger partial charge in [0.15, 0.2) is 0 Å². The van der Waals surface area contributed by atoms with Crippen molar-refractivity contribution in [3.8, 4) is 11.8 Å². The molecule has 29 heavy (non-hydrogen) atoms. The lowest BCUT2D eigenvalue weighted by Gasteiger charge is -2.28. The number of rotatable bonds is 7. The molecule has 2 aromatic rings. The highest BCUT2D eigenvalue weighted by molar-refractivity contribution is 5.44. The van der Waals surface area contributed by atoms with E-state index in [1.807, 2.05) is 0 Å². The van der Waals surface area contributed by atoms with E-state index in [0.717, 1.165) is 35.8 Å². The average Bonchev–Trinajstić information content (AvgIpc) is 2.78. The van der Waals surface area contributed by atoms with E-state index in [1.54, 1.807) is 0 Å². The summed E-state index contributed by atoms with van der Waals surface area (Å²) >= 11 is 0. The summed E-state index contributed by atoms with van der Waals surface area (Å²) in [4.78, 5) is 0. The van der Waals surface area contributed by atoms with E-state index >= 15 is 0 Å². The van der Waals surface area contributed by atoms with E-state index in [-0.39, 0.29) is 0 Å². The van der Waals surface area contributed by atoms with Crippen molar-refractivity contribution in [2.24, 2.45) is 5.92 Å². The predicted molar refractivity (Wildman–Crippen MR) is 126 cm³/mol. The van der Waals surface area contributed by atoms with Crippen LogP contribution in [0.3, 0.4) is 0 Å². The van der Waals surface area contributed by atoms with Crippen LogP contribution in [-0.4, -0.2) is 0 Å². The molecule has 1 aliphatic rings. The summed E-state index contributed by atoms with van der Waals surface area (Å²) in [6.45, 7) is 4.38. The summed E-state index contributed by atoms with van der Waals surface area (Å²) < 4.78 is 0. The fraction of sp³-hybridized carbons (Fsp3) is 0.448. The van der Waals surface area contributed by atoms with E-state index in [2.05, 4.69) is 86.4 Å². The fourth-order valence-corrected chi connectivity index (χ4v) is 4.43. The summed E-state index contributed by atoms with van der Waals surface area (Å²) in [5.41, 5.74) is 5.09. The molecule has 0 N–H and O–H groups in total. The van der Waals surface area contributed by atoms with Gasteiger partial charge in [0.1, 0.15) is 0 Å². The zero-order chi connectivity index (χ0) is 20.3. The Morgan fingerprint density at radius 1 is 0.862 bits per heavy atom. The third-order valence-corrected chi connectivity index (χ3v) is 6.34. The van der Waals surface area contributed by atoms with E-state index in [9.17, 15) is 0 Å². The van der Waals surface area contributed by atoms with Crippen LogP contribution in [0.2, 0.25) is 0 Å². The number of aryl methyl sites for hydroxylation is 1. The van der Waals surface area contributed by atoms with E-state index in [1.165, 1.54) is 56.1 Å². The molecule has 1 aliphatic carbocycles. The molecule has 0 aromatic heterocycles. The minimum Gasteiger partial charge on any atom is -0.0917 e. The first-order valence-electron chi connectivity index (χ1n) is 11.6. The highest BCUT2D eigenvalue weighted by Crippen LogP contribution is 2.37. The molecule has 1 saturated carbocycles. The van der Waals surface area contributed by atoms with E-state index in [4.69, 9.17) is 0 Å². The third-order valence-electron chi connectivity index (χ3n) is 6.34. The first-order chi connectivity index (χ1) is 14.3. The lowest BCUT2D eigenvalue weighted by Crippen LogP contribution is -2.13. The average molecular weight is 385 g/mol. The zero-order valence-corrected chi connectivity index (χ0v) is 18.3. The second-order valence-electron chi connectivity index (χ2n) is 8.54. The van der Waals surface area contributed by atoms with Gasteiger partial charge in [-0.15, -0.1) is 0 Å². The van der Waals surface area contributed by atoms with E-state index in [0.29, 0.717) is 0 Å². The van der Waals surface area contributed by atoms with Gasteiger partial charge in [-0.05, 0) is 92.7 Å². The molecular formula is C29H36. The Balaban J connectivity index is 1.52. The van der Waals surface area contributed by atoms with Gasteiger partial charge in [0.2, 0.25) is 0 Å². The van der Waals surface area contributed by atoms with Crippen LogP contribution in [0.25, 0.3) is 0 Å². The number of hydrogen-bond acceptors (Lipinski definition) is 0. The molecule has 0 radical (unpaired) electrons.